The molecule has 2 rings (SSSR count). The van der Waals surface area contributed by atoms with Crippen molar-refractivity contribution in [2.75, 3.05) is 5.32 Å². The van der Waals surface area contributed by atoms with Crippen LogP contribution in [0.5, 0.6) is 0 Å². The molecule has 0 aliphatic rings. The van der Waals surface area contributed by atoms with Crippen molar-refractivity contribution in [2.45, 2.75) is 0 Å². The second kappa shape index (κ2) is 5.15. The van der Waals surface area contributed by atoms with E-state index in [1.165, 1.54) is 0 Å². The number of aromatic carboxylic acids is 1. The molecule has 19 heavy (non-hydrogen) atoms. The maximum absolute atomic E-state index is 13.5. The van der Waals surface area contributed by atoms with Crippen molar-refractivity contribution < 1.29 is 18.7 Å². The van der Waals surface area contributed by atoms with Crippen molar-refractivity contribution in [3.8, 4) is 0 Å². The van der Waals surface area contributed by atoms with Gasteiger partial charge in [0.2, 0.25) is 0 Å². The number of carbonyl (C=O) groups is 1. The molecule has 98 valence electrons. The molecule has 1 aromatic heterocycles. The van der Waals surface area contributed by atoms with Gasteiger partial charge in [-0.1, -0.05) is 11.6 Å². The predicted molar refractivity (Wildman–Crippen MR) is 63.6 cm³/mol. The zero-order valence-electron chi connectivity index (χ0n) is 9.19. The van der Waals surface area contributed by atoms with Crippen molar-refractivity contribution in [1.29, 1.82) is 0 Å². The van der Waals surface area contributed by atoms with Crippen LogP contribution in [0.25, 0.3) is 0 Å². The van der Waals surface area contributed by atoms with Gasteiger partial charge in [-0.2, -0.15) is 0 Å². The molecule has 2 aromatic rings. The van der Waals surface area contributed by atoms with Gasteiger partial charge in [0.15, 0.2) is 11.5 Å². The molecule has 0 fully saturated rings. The number of halogens is 3. The van der Waals surface area contributed by atoms with Crippen LogP contribution in [-0.2, 0) is 0 Å². The minimum absolute atomic E-state index is 0.0809. The Kier molecular flexibility index (Phi) is 3.57. The Balaban J connectivity index is 2.29. The molecule has 8 heteroatoms. The summed E-state index contributed by atoms with van der Waals surface area (Å²) < 4.78 is 26.3. The number of rotatable bonds is 3. The highest BCUT2D eigenvalue weighted by Crippen LogP contribution is 2.28. The summed E-state index contributed by atoms with van der Waals surface area (Å²) in [6.45, 7) is 0. The van der Waals surface area contributed by atoms with Gasteiger partial charge >= 0.3 is 5.97 Å². The Morgan fingerprint density at radius 3 is 2.53 bits per heavy atom. The van der Waals surface area contributed by atoms with Crippen LogP contribution in [0.15, 0.2) is 24.5 Å². The highest BCUT2D eigenvalue weighted by atomic mass is 35.5. The summed E-state index contributed by atoms with van der Waals surface area (Å²) in [5, 5.41) is 11.0. The van der Waals surface area contributed by atoms with E-state index in [9.17, 15) is 13.6 Å². The molecule has 0 spiro atoms. The molecule has 0 aliphatic heterocycles. The number of hydrogen-bond donors (Lipinski definition) is 2. The van der Waals surface area contributed by atoms with Gasteiger partial charge in [0, 0.05) is 6.07 Å². The van der Waals surface area contributed by atoms with Crippen molar-refractivity contribution in [3.05, 3.63) is 46.9 Å². The molecule has 0 unspecified atom stereocenters. The molecule has 0 saturated carbocycles. The molecule has 0 bridgehead atoms. The highest BCUT2D eigenvalue weighted by molar-refractivity contribution is 6.33. The fourth-order valence-electron chi connectivity index (χ4n) is 1.29. The van der Waals surface area contributed by atoms with Crippen LogP contribution in [0.1, 0.15) is 10.5 Å². The molecule has 0 radical (unpaired) electrons. The van der Waals surface area contributed by atoms with E-state index in [1.54, 1.807) is 0 Å². The summed E-state index contributed by atoms with van der Waals surface area (Å²) in [5.41, 5.74) is -0.420. The summed E-state index contributed by atoms with van der Waals surface area (Å²) in [6.07, 6.45) is 2.10. The Morgan fingerprint density at radius 2 is 2.00 bits per heavy atom. The van der Waals surface area contributed by atoms with Crippen LogP contribution in [0, 0.1) is 11.6 Å². The average Bonchev–Trinajstić information content (AvgIpc) is 2.34. The zero-order chi connectivity index (χ0) is 14.0. The lowest BCUT2D eigenvalue weighted by Crippen LogP contribution is -2.03. The smallest absolute Gasteiger partial charge is 0.356 e. The number of carboxylic acid groups (broad SMARTS) is 1. The van der Waals surface area contributed by atoms with Crippen LogP contribution in [0.4, 0.5) is 20.3 Å². The van der Waals surface area contributed by atoms with E-state index < -0.39 is 17.6 Å². The van der Waals surface area contributed by atoms with Crippen LogP contribution < -0.4 is 5.32 Å². The van der Waals surface area contributed by atoms with Gasteiger partial charge in [-0.3, -0.25) is 0 Å². The number of hydrogen-bond acceptors (Lipinski definition) is 4. The normalized spacial score (nSPS) is 10.3. The first-order valence-electron chi connectivity index (χ1n) is 4.94. The van der Waals surface area contributed by atoms with Crippen molar-refractivity contribution in [3.63, 3.8) is 0 Å². The Bertz CT molecular complexity index is 611. The van der Waals surface area contributed by atoms with Crippen LogP contribution in [-0.4, -0.2) is 21.0 Å². The fraction of sp³-hybridized carbons (Fsp3) is 0. The first kappa shape index (κ1) is 13.2. The molecule has 0 amide bonds. The summed E-state index contributed by atoms with van der Waals surface area (Å²) >= 11 is 5.68. The number of aromatic nitrogens is 2. The maximum atomic E-state index is 13.5. The largest absolute Gasteiger partial charge is 0.476 e. The number of anilines is 2. The van der Waals surface area contributed by atoms with Gasteiger partial charge in [-0.25, -0.2) is 23.5 Å². The lowest BCUT2D eigenvalue weighted by molar-refractivity contribution is 0.0690. The SMILES string of the molecule is O=C(O)c1cnc(Nc2c(F)cc(F)cc2Cl)cn1. The van der Waals surface area contributed by atoms with Crippen LogP contribution >= 0.6 is 11.6 Å². The van der Waals surface area contributed by atoms with Gasteiger partial charge in [-0.15, -0.1) is 0 Å². The van der Waals surface area contributed by atoms with E-state index in [0.29, 0.717) is 6.07 Å². The van der Waals surface area contributed by atoms with Gasteiger partial charge in [0.25, 0.3) is 0 Å². The maximum Gasteiger partial charge on any atom is 0.356 e. The van der Waals surface area contributed by atoms with Crippen LogP contribution in [0.3, 0.4) is 0 Å². The van der Waals surface area contributed by atoms with Crippen molar-refractivity contribution >= 4 is 29.1 Å². The fourth-order valence-corrected chi connectivity index (χ4v) is 1.53. The molecule has 0 saturated heterocycles. The number of carboxylic acids is 1. The van der Waals surface area contributed by atoms with Gasteiger partial charge in [0.1, 0.15) is 11.6 Å². The highest BCUT2D eigenvalue weighted by Gasteiger charge is 2.11. The minimum atomic E-state index is -1.23. The number of nitrogens with one attached hydrogen (secondary N) is 1. The van der Waals surface area contributed by atoms with Gasteiger partial charge in [-0.05, 0) is 6.07 Å². The summed E-state index contributed by atoms with van der Waals surface area (Å²) in [7, 11) is 0. The van der Waals surface area contributed by atoms with E-state index in [2.05, 4.69) is 15.3 Å². The second-order valence-corrected chi connectivity index (χ2v) is 3.87. The van der Waals surface area contributed by atoms with E-state index >= 15 is 0 Å². The predicted octanol–water partition coefficient (Wildman–Crippen LogP) is 2.85. The molecular weight excluding hydrogens is 280 g/mol. The minimum Gasteiger partial charge on any atom is -0.476 e. The first-order valence-corrected chi connectivity index (χ1v) is 5.32. The van der Waals surface area contributed by atoms with Gasteiger partial charge in [0.05, 0.1) is 23.1 Å². The molecule has 1 aromatic carbocycles. The van der Waals surface area contributed by atoms with E-state index in [-0.39, 0.29) is 22.2 Å². The summed E-state index contributed by atoms with van der Waals surface area (Å²) in [6, 6.07) is 1.60. The van der Waals surface area contributed by atoms with Crippen molar-refractivity contribution in [2.24, 2.45) is 0 Å². The Labute approximate surface area is 110 Å². The molecule has 5 nitrogen and oxygen atoms in total. The van der Waals surface area contributed by atoms with Gasteiger partial charge < -0.3 is 10.4 Å². The average molecular weight is 286 g/mol. The number of nitrogens with zero attached hydrogens (tertiary/aromatic N) is 2. The summed E-state index contributed by atoms with van der Waals surface area (Å²) in [4.78, 5) is 17.9. The van der Waals surface area contributed by atoms with E-state index in [1.807, 2.05) is 0 Å². The third-order valence-electron chi connectivity index (χ3n) is 2.13. The zero-order valence-corrected chi connectivity index (χ0v) is 9.95. The van der Waals surface area contributed by atoms with E-state index in [0.717, 1.165) is 18.5 Å². The Hall–Kier alpha value is -2.28. The molecule has 0 aliphatic carbocycles. The topological polar surface area (TPSA) is 75.1 Å². The molecule has 1 heterocycles. The molecule has 0 atom stereocenters. The quantitative estimate of drug-likeness (QED) is 0.907. The van der Waals surface area contributed by atoms with Crippen molar-refractivity contribution in [1.82, 2.24) is 9.97 Å². The monoisotopic (exact) mass is 285 g/mol. The second-order valence-electron chi connectivity index (χ2n) is 3.46. The third-order valence-corrected chi connectivity index (χ3v) is 2.43. The molecule has 2 N–H and O–H groups in total. The first-order chi connectivity index (χ1) is 8.97. The van der Waals surface area contributed by atoms with E-state index in [4.69, 9.17) is 16.7 Å². The Morgan fingerprint density at radius 1 is 1.26 bits per heavy atom. The third kappa shape index (κ3) is 2.94. The molecular formula is C11H6ClF2N3O2. The lowest BCUT2D eigenvalue weighted by Gasteiger charge is -2.08. The number of benzene rings is 1. The summed E-state index contributed by atoms with van der Waals surface area (Å²) in [5.74, 6) is -2.85. The van der Waals surface area contributed by atoms with Crippen LogP contribution in [0.2, 0.25) is 5.02 Å². The lowest BCUT2D eigenvalue weighted by atomic mass is 10.3. The standard InChI is InChI=1S/C11H6ClF2N3O2/c12-6-1-5(13)2-7(14)10(6)17-9-4-15-8(3-16-9)11(18)19/h1-4H,(H,16,17)(H,18,19).